The van der Waals surface area contributed by atoms with Gasteiger partial charge in [-0.15, -0.1) is 0 Å². The molecule has 0 saturated carbocycles. The Hall–Kier alpha value is -0.640. The summed E-state index contributed by atoms with van der Waals surface area (Å²) in [5.41, 5.74) is -12.4. The second-order valence-corrected chi connectivity index (χ2v) is 10.4. The molecule has 0 aliphatic heterocycles. The van der Waals surface area contributed by atoms with Gasteiger partial charge in [-0.05, 0) is 19.3 Å². The van der Waals surface area contributed by atoms with Crippen LogP contribution in [0.4, 0.5) is 26.3 Å². The molecule has 0 spiro atoms. The fraction of sp³-hybridized carbons (Fsp3) is 1.00. The lowest BCUT2D eigenvalue weighted by Crippen LogP contribution is -2.51. The normalized spacial score (nSPS) is 13.6. The van der Waals surface area contributed by atoms with Crippen LogP contribution in [0, 0.1) is 0 Å². The molecule has 190 valence electrons. The van der Waals surface area contributed by atoms with Crippen molar-refractivity contribution in [3.05, 3.63) is 4.13 Å². The molecule has 0 bridgehead atoms. The number of hydrogen-bond acceptors (Lipinski definition) is 5. The molecule has 0 rings (SSSR count). The zero-order valence-corrected chi connectivity index (χ0v) is 19.5. The van der Waals surface area contributed by atoms with Crippen molar-refractivity contribution in [2.24, 2.45) is 0 Å². The van der Waals surface area contributed by atoms with Crippen molar-refractivity contribution < 1.29 is 52.8 Å². The summed E-state index contributed by atoms with van der Waals surface area (Å²) in [7, 11) is -13.4. The summed E-state index contributed by atoms with van der Waals surface area (Å²) in [5, 5.41) is 9.28. The smallest absolute Gasteiger partial charge is 0.421 e. The fourth-order valence-electron chi connectivity index (χ4n) is 2.58. The number of hydrogen-bond donors (Lipinski definition) is 1. The molecular weight excluding hydrogens is 478 g/mol. The van der Waals surface area contributed by atoms with Crippen LogP contribution in [-0.4, -0.2) is 70.2 Å². The molecule has 0 aromatic rings. The van der Waals surface area contributed by atoms with Gasteiger partial charge in [-0.3, -0.25) is 0 Å². The molecule has 31 heavy (non-hydrogen) atoms. The fourth-order valence-corrected chi connectivity index (χ4v) is 4.29. The van der Waals surface area contributed by atoms with Gasteiger partial charge >= 0.3 is 11.0 Å². The minimum absolute atomic E-state index is 0.344. The van der Waals surface area contributed by atoms with Crippen LogP contribution in [-0.2, 0) is 20.0 Å². The van der Waals surface area contributed by atoms with Gasteiger partial charge in [0.15, 0.2) is 20.0 Å². The zero-order chi connectivity index (χ0) is 25.0. The monoisotopic (exact) mass is 510 g/mol. The van der Waals surface area contributed by atoms with E-state index in [2.05, 4.69) is 20.8 Å². The molecular formula is C16H32F6N2O5S2. The first-order valence-corrected chi connectivity index (χ1v) is 12.7. The molecule has 15 heteroatoms. The van der Waals surface area contributed by atoms with Crippen molar-refractivity contribution in [1.82, 2.24) is 0 Å². The summed E-state index contributed by atoms with van der Waals surface area (Å²) >= 11 is 0. The summed E-state index contributed by atoms with van der Waals surface area (Å²) in [6.07, 6.45) is 7.70. The Bertz CT molecular complexity index is 630. The third-order valence-corrected chi connectivity index (χ3v) is 7.05. The predicted octanol–water partition coefficient (Wildman–Crippen LogP) is 4.26. The molecule has 0 aliphatic rings. The highest BCUT2D eigenvalue weighted by atomic mass is 32.3. The minimum atomic E-state index is -6.72. The summed E-state index contributed by atoms with van der Waals surface area (Å²) in [6, 6.07) is 0. The Kier molecular flexibility index (Phi) is 14.5. The van der Waals surface area contributed by atoms with Crippen LogP contribution in [0.2, 0.25) is 0 Å². The van der Waals surface area contributed by atoms with Crippen molar-refractivity contribution in [2.75, 3.05) is 32.8 Å². The number of aliphatic hydroxyl groups excluding tert-OH is 1. The third kappa shape index (κ3) is 12.2. The zero-order valence-electron chi connectivity index (χ0n) is 17.8. The molecule has 0 aliphatic carbocycles. The van der Waals surface area contributed by atoms with E-state index in [-0.39, 0.29) is 0 Å². The van der Waals surface area contributed by atoms with Gasteiger partial charge in [0.2, 0.25) is 0 Å². The number of sulfonamides is 2. The molecule has 0 unspecified atom stereocenters. The van der Waals surface area contributed by atoms with Crippen LogP contribution in [0.5, 0.6) is 0 Å². The molecule has 1 N–H and O–H groups in total. The SMILES string of the molecule is CCCC[N+](CCO)(CCCC)CCCC.O=S(=O)([N-]S(=O)(=O)C(F)(F)F)C(F)(F)F. The maximum absolute atomic E-state index is 11.4. The first-order chi connectivity index (χ1) is 13.9. The molecule has 0 radical (unpaired) electrons. The summed E-state index contributed by atoms with van der Waals surface area (Å²) in [6.45, 7) is 11.9. The number of aliphatic hydroxyl groups is 1. The van der Waals surface area contributed by atoms with E-state index in [4.69, 9.17) is 0 Å². The highest BCUT2D eigenvalue weighted by molar-refractivity contribution is 8.13. The summed E-state index contributed by atoms with van der Waals surface area (Å²) < 4.78 is 110. The lowest BCUT2D eigenvalue weighted by molar-refractivity contribution is -0.929. The van der Waals surface area contributed by atoms with Gasteiger partial charge in [0, 0.05) is 0 Å². The van der Waals surface area contributed by atoms with Gasteiger partial charge in [0.25, 0.3) is 0 Å². The highest BCUT2D eigenvalue weighted by Crippen LogP contribution is 2.36. The van der Waals surface area contributed by atoms with Crippen LogP contribution in [0.25, 0.3) is 4.13 Å². The van der Waals surface area contributed by atoms with Crippen molar-refractivity contribution in [3.8, 4) is 0 Å². The van der Waals surface area contributed by atoms with Crippen LogP contribution < -0.4 is 0 Å². The molecule has 0 fully saturated rings. The van der Waals surface area contributed by atoms with Gasteiger partial charge in [0.1, 0.15) is 6.54 Å². The molecule has 0 saturated heterocycles. The van der Waals surface area contributed by atoms with E-state index >= 15 is 0 Å². The van der Waals surface area contributed by atoms with E-state index in [9.17, 15) is 48.3 Å². The van der Waals surface area contributed by atoms with Crippen LogP contribution in [0.15, 0.2) is 0 Å². The lowest BCUT2D eigenvalue weighted by Gasteiger charge is -2.38. The average Bonchev–Trinajstić information content (AvgIpc) is 2.61. The molecule has 0 atom stereocenters. The first-order valence-electron chi connectivity index (χ1n) is 9.78. The molecule has 0 aromatic heterocycles. The van der Waals surface area contributed by atoms with E-state index in [0.717, 1.165) is 15.2 Å². The average molecular weight is 511 g/mol. The molecule has 7 nitrogen and oxygen atoms in total. The van der Waals surface area contributed by atoms with Gasteiger partial charge in [-0.2, -0.15) is 26.3 Å². The number of rotatable bonds is 13. The quantitative estimate of drug-likeness (QED) is 0.295. The number of alkyl halides is 6. The third-order valence-electron chi connectivity index (χ3n) is 4.31. The molecule has 0 heterocycles. The number of halogens is 6. The van der Waals surface area contributed by atoms with Gasteiger partial charge in [-0.25, -0.2) is 16.8 Å². The predicted molar refractivity (Wildman–Crippen MR) is 105 cm³/mol. The topological polar surface area (TPSA) is 103 Å². The second kappa shape index (κ2) is 13.8. The number of unbranched alkanes of at least 4 members (excludes halogenated alkanes) is 3. The first kappa shape index (κ1) is 32.5. The summed E-state index contributed by atoms with van der Waals surface area (Å²) in [5.74, 6) is 0. The van der Waals surface area contributed by atoms with Gasteiger partial charge in [-0.1, -0.05) is 40.0 Å². The number of nitrogens with zero attached hydrogens (tertiary/aromatic N) is 2. The van der Waals surface area contributed by atoms with Crippen LogP contribution in [0.1, 0.15) is 59.3 Å². The van der Waals surface area contributed by atoms with Gasteiger partial charge < -0.3 is 13.7 Å². The molecule has 0 aromatic carbocycles. The largest absolute Gasteiger partial charge is 0.480 e. The number of quaternary nitrogens is 1. The second-order valence-electron chi connectivity index (χ2n) is 6.94. The minimum Gasteiger partial charge on any atom is -0.421 e. The Morgan fingerprint density at radius 3 is 1.16 bits per heavy atom. The Labute approximate surface area is 180 Å². The van der Waals surface area contributed by atoms with E-state index in [0.29, 0.717) is 6.61 Å². The van der Waals surface area contributed by atoms with Crippen molar-refractivity contribution >= 4 is 20.0 Å². The highest BCUT2D eigenvalue weighted by Gasteiger charge is 2.46. The maximum Gasteiger partial charge on any atom is 0.480 e. The van der Waals surface area contributed by atoms with Crippen molar-refractivity contribution in [1.29, 1.82) is 0 Å². The van der Waals surface area contributed by atoms with E-state index < -0.39 is 31.1 Å². The van der Waals surface area contributed by atoms with Crippen LogP contribution >= 0.6 is 0 Å². The Morgan fingerprint density at radius 1 is 0.677 bits per heavy atom. The Balaban J connectivity index is 0. The van der Waals surface area contributed by atoms with Gasteiger partial charge in [0.05, 0.1) is 26.2 Å². The maximum atomic E-state index is 11.4. The lowest BCUT2D eigenvalue weighted by atomic mass is 10.1. The molecule has 0 amide bonds. The van der Waals surface area contributed by atoms with Crippen molar-refractivity contribution in [2.45, 2.75) is 70.3 Å². The van der Waals surface area contributed by atoms with E-state index in [1.54, 1.807) is 0 Å². The summed E-state index contributed by atoms with van der Waals surface area (Å²) in [4.78, 5) is 0. The Morgan fingerprint density at radius 2 is 0.968 bits per heavy atom. The van der Waals surface area contributed by atoms with E-state index in [1.807, 2.05) is 0 Å². The van der Waals surface area contributed by atoms with Crippen molar-refractivity contribution in [3.63, 3.8) is 0 Å². The van der Waals surface area contributed by atoms with E-state index in [1.165, 1.54) is 58.2 Å². The van der Waals surface area contributed by atoms with Crippen LogP contribution in [0.3, 0.4) is 0 Å². The standard InChI is InChI=1S/C14H32NO.C2F6NO4S2/c1-4-7-10-15(13-14-16,11-8-5-2)12-9-6-3;3-1(4,5)14(10,11)9-15(12,13)2(6,7)8/h16H,4-14H2,1-3H3;/q+1;-1.